The average molecular weight is 141 g/mol. The van der Waals surface area contributed by atoms with E-state index in [0.717, 1.165) is 25.0 Å². The summed E-state index contributed by atoms with van der Waals surface area (Å²) in [5.74, 6) is 0.787. The van der Waals surface area contributed by atoms with Crippen LogP contribution in [-0.4, -0.2) is 31.3 Å². The number of carbonyl (C=O) groups is 1. The highest BCUT2D eigenvalue weighted by Gasteiger charge is 2.18. The maximum Gasteiger partial charge on any atom is 0.120 e. The van der Waals surface area contributed by atoms with Crippen LogP contribution in [0.4, 0.5) is 0 Å². The first-order chi connectivity index (χ1) is 4.83. The molecule has 58 valence electrons. The summed E-state index contributed by atoms with van der Waals surface area (Å²) in [4.78, 5) is 12.4. The fourth-order valence-electron chi connectivity index (χ4n) is 1.57. The Morgan fingerprint density at radius 3 is 3.00 bits per heavy atom. The summed E-state index contributed by atoms with van der Waals surface area (Å²) < 4.78 is 0. The fraction of sp³-hybridized carbons (Fsp3) is 0.875. The molecule has 0 aromatic heterocycles. The second-order valence-corrected chi connectivity index (χ2v) is 3.16. The summed E-state index contributed by atoms with van der Waals surface area (Å²) in [5, 5.41) is 0. The standard InChI is InChI=1S/C8H15NO/c1-9-5-4-8(7-9)3-2-6-10/h6,8H,2-5,7H2,1H3. The third-order valence-electron chi connectivity index (χ3n) is 2.18. The molecule has 1 heterocycles. The van der Waals surface area contributed by atoms with E-state index in [-0.39, 0.29) is 0 Å². The Morgan fingerprint density at radius 1 is 1.70 bits per heavy atom. The van der Waals surface area contributed by atoms with Gasteiger partial charge in [-0.3, -0.25) is 0 Å². The van der Waals surface area contributed by atoms with Gasteiger partial charge in [0.25, 0.3) is 0 Å². The minimum Gasteiger partial charge on any atom is -0.306 e. The second-order valence-electron chi connectivity index (χ2n) is 3.16. The quantitative estimate of drug-likeness (QED) is 0.545. The van der Waals surface area contributed by atoms with Crippen molar-refractivity contribution in [1.29, 1.82) is 0 Å². The van der Waals surface area contributed by atoms with Gasteiger partial charge in [-0.25, -0.2) is 0 Å². The molecule has 0 bridgehead atoms. The lowest BCUT2D eigenvalue weighted by atomic mass is 10.0. The van der Waals surface area contributed by atoms with Gasteiger partial charge in [-0.15, -0.1) is 0 Å². The molecular weight excluding hydrogens is 126 g/mol. The molecule has 10 heavy (non-hydrogen) atoms. The number of likely N-dealkylation sites (tertiary alicyclic amines) is 1. The molecule has 0 radical (unpaired) electrons. The van der Waals surface area contributed by atoms with Crippen LogP contribution in [0.5, 0.6) is 0 Å². The number of rotatable bonds is 3. The Bertz CT molecular complexity index is 114. The zero-order valence-corrected chi connectivity index (χ0v) is 6.55. The normalized spacial score (nSPS) is 27.1. The molecular formula is C8H15NO. The Kier molecular flexibility index (Phi) is 2.87. The highest BCUT2D eigenvalue weighted by atomic mass is 16.1. The zero-order valence-electron chi connectivity index (χ0n) is 6.55. The van der Waals surface area contributed by atoms with Crippen molar-refractivity contribution in [2.45, 2.75) is 19.3 Å². The van der Waals surface area contributed by atoms with Crippen molar-refractivity contribution in [3.63, 3.8) is 0 Å². The SMILES string of the molecule is CN1CCC(CCC=O)C1. The van der Waals surface area contributed by atoms with Gasteiger partial charge in [0.2, 0.25) is 0 Å². The Labute approximate surface area is 62.2 Å². The summed E-state index contributed by atoms with van der Waals surface area (Å²) in [6, 6.07) is 0. The monoisotopic (exact) mass is 141 g/mol. The largest absolute Gasteiger partial charge is 0.306 e. The van der Waals surface area contributed by atoms with Crippen LogP contribution >= 0.6 is 0 Å². The smallest absolute Gasteiger partial charge is 0.120 e. The van der Waals surface area contributed by atoms with Crippen LogP contribution in [0.1, 0.15) is 19.3 Å². The number of aldehydes is 1. The lowest BCUT2D eigenvalue weighted by Crippen LogP contribution is -2.13. The summed E-state index contributed by atoms with van der Waals surface area (Å²) in [5.41, 5.74) is 0. The number of hydrogen-bond donors (Lipinski definition) is 0. The van der Waals surface area contributed by atoms with Gasteiger partial charge < -0.3 is 9.69 Å². The molecule has 0 aliphatic carbocycles. The van der Waals surface area contributed by atoms with Crippen LogP contribution in [0.3, 0.4) is 0 Å². The van der Waals surface area contributed by atoms with Gasteiger partial charge in [-0.1, -0.05) is 0 Å². The molecule has 2 heteroatoms. The van der Waals surface area contributed by atoms with Gasteiger partial charge in [0.05, 0.1) is 0 Å². The third-order valence-corrected chi connectivity index (χ3v) is 2.18. The van der Waals surface area contributed by atoms with Gasteiger partial charge >= 0.3 is 0 Å². The molecule has 0 amide bonds. The van der Waals surface area contributed by atoms with E-state index in [1.54, 1.807) is 0 Å². The van der Waals surface area contributed by atoms with Crippen molar-refractivity contribution in [2.75, 3.05) is 20.1 Å². The maximum absolute atomic E-state index is 10.0. The van der Waals surface area contributed by atoms with Gasteiger partial charge in [0, 0.05) is 13.0 Å². The molecule has 0 saturated carbocycles. The lowest BCUT2D eigenvalue weighted by molar-refractivity contribution is -0.108. The minimum atomic E-state index is 0.749. The van der Waals surface area contributed by atoms with E-state index in [2.05, 4.69) is 11.9 Å². The van der Waals surface area contributed by atoms with Crippen molar-refractivity contribution in [3.8, 4) is 0 Å². The van der Waals surface area contributed by atoms with Gasteiger partial charge in [0.15, 0.2) is 0 Å². The Balaban J connectivity index is 2.12. The highest BCUT2D eigenvalue weighted by Crippen LogP contribution is 2.18. The van der Waals surface area contributed by atoms with E-state index >= 15 is 0 Å². The predicted octanol–water partition coefficient (Wildman–Crippen LogP) is 0.917. The van der Waals surface area contributed by atoms with Gasteiger partial charge in [0.1, 0.15) is 6.29 Å². The summed E-state index contributed by atoms with van der Waals surface area (Å²) >= 11 is 0. The van der Waals surface area contributed by atoms with E-state index in [4.69, 9.17) is 0 Å². The molecule has 0 N–H and O–H groups in total. The van der Waals surface area contributed by atoms with Crippen LogP contribution in [0, 0.1) is 5.92 Å². The molecule has 1 fully saturated rings. The fourth-order valence-corrected chi connectivity index (χ4v) is 1.57. The number of nitrogens with zero attached hydrogens (tertiary/aromatic N) is 1. The minimum absolute atomic E-state index is 0.749. The molecule has 1 saturated heterocycles. The van der Waals surface area contributed by atoms with Gasteiger partial charge in [-0.2, -0.15) is 0 Å². The van der Waals surface area contributed by atoms with Crippen molar-refractivity contribution in [2.24, 2.45) is 5.92 Å². The van der Waals surface area contributed by atoms with E-state index in [1.165, 1.54) is 19.5 Å². The topological polar surface area (TPSA) is 20.3 Å². The summed E-state index contributed by atoms with van der Waals surface area (Å²) in [7, 11) is 2.14. The molecule has 1 unspecified atom stereocenters. The molecule has 1 aliphatic rings. The summed E-state index contributed by atoms with van der Waals surface area (Å²) in [6.07, 6.45) is 4.15. The maximum atomic E-state index is 10.0. The first-order valence-corrected chi connectivity index (χ1v) is 3.95. The summed E-state index contributed by atoms with van der Waals surface area (Å²) in [6.45, 7) is 2.40. The molecule has 0 spiro atoms. The second kappa shape index (κ2) is 3.71. The van der Waals surface area contributed by atoms with E-state index < -0.39 is 0 Å². The molecule has 1 aliphatic heterocycles. The highest BCUT2D eigenvalue weighted by molar-refractivity contribution is 5.49. The lowest BCUT2D eigenvalue weighted by Gasteiger charge is -2.07. The van der Waals surface area contributed by atoms with Crippen molar-refractivity contribution < 1.29 is 4.79 Å². The van der Waals surface area contributed by atoms with Crippen LogP contribution in [0.25, 0.3) is 0 Å². The molecule has 1 atom stereocenters. The van der Waals surface area contributed by atoms with E-state index in [0.29, 0.717) is 0 Å². The van der Waals surface area contributed by atoms with Gasteiger partial charge in [-0.05, 0) is 32.4 Å². The van der Waals surface area contributed by atoms with Crippen LogP contribution in [0.2, 0.25) is 0 Å². The Hall–Kier alpha value is -0.370. The molecule has 1 rings (SSSR count). The predicted molar refractivity (Wildman–Crippen MR) is 40.9 cm³/mol. The number of carbonyl (C=O) groups excluding carboxylic acids is 1. The van der Waals surface area contributed by atoms with E-state index in [1.807, 2.05) is 0 Å². The number of hydrogen-bond acceptors (Lipinski definition) is 2. The van der Waals surface area contributed by atoms with Crippen LogP contribution in [0.15, 0.2) is 0 Å². The molecule has 2 nitrogen and oxygen atoms in total. The van der Waals surface area contributed by atoms with Crippen LogP contribution < -0.4 is 0 Å². The molecule has 0 aromatic rings. The van der Waals surface area contributed by atoms with Crippen LogP contribution in [-0.2, 0) is 4.79 Å². The Morgan fingerprint density at radius 2 is 2.50 bits per heavy atom. The van der Waals surface area contributed by atoms with Crippen molar-refractivity contribution in [1.82, 2.24) is 4.90 Å². The third kappa shape index (κ3) is 2.10. The van der Waals surface area contributed by atoms with E-state index in [9.17, 15) is 4.79 Å². The molecule has 0 aromatic carbocycles. The first-order valence-electron chi connectivity index (χ1n) is 3.95. The van der Waals surface area contributed by atoms with Crippen molar-refractivity contribution >= 4 is 6.29 Å². The average Bonchev–Trinajstić information content (AvgIpc) is 2.31. The van der Waals surface area contributed by atoms with Crippen molar-refractivity contribution in [3.05, 3.63) is 0 Å². The zero-order chi connectivity index (χ0) is 7.40. The first kappa shape index (κ1) is 7.73.